The zero-order chi connectivity index (χ0) is 16.1. The Morgan fingerprint density at radius 2 is 1.32 bits per heavy atom. The average Bonchev–Trinajstić information content (AvgIpc) is 2.45. The second kappa shape index (κ2) is 6.97. The van der Waals surface area contributed by atoms with E-state index in [2.05, 4.69) is 0 Å². The van der Waals surface area contributed by atoms with E-state index in [0.29, 0.717) is 13.1 Å². The Morgan fingerprint density at radius 3 is 1.77 bits per heavy atom. The third-order valence-electron chi connectivity index (χ3n) is 3.71. The summed E-state index contributed by atoms with van der Waals surface area (Å²) in [5.74, 6) is -0.381. The summed E-state index contributed by atoms with van der Waals surface area (Å²) in [5, 5.41) is 21.8. The number of nitro benzene ring substituents is 2. The maximum absolute atomic E-state index is 12.5. The quantitative estimate of drug-likeness (QED) is 0.630. The molecule has 0 radical (unpaired) electrons. The molecule has 1 saturated heterocycles. The molecule has 1 amide bonds. The fourth-order valence-electron chi connectivity index (χ4n) is 2.56. The van der Waals surface area contributed by atoms with Crippen LogP contribution in [0.5, 0.6) is 0 Å². The summed E-state index contributed by atoms with van der Waals surface area (Å²) in [5.41, 5.74) is -0.879. The standard InChI is InChI=1S/C14H17N3O5/c18-14(15-6-4-2-1-3-5-7-15)11-8-12(16(19)20)10-13(9-11)17(21)22/h8-10H,1-7H2. The van der Waals surface area contributed by atoms with E-state index < -0.39 is 21.2 Å². The molecule has 22 heavy (non-hydrogen) atoms. The predicted octanol–water partition coefficient (Wildman–Crippen LogP) is 2.91. The van der Waals surface area contributed by atoms with E-state index in [-0.39, 0.29) is 11.5 Å². The number of amides is 1. The van der Waals surface area contributed by atoms with Crippen molar-refractivity contribution in [1.82, 2.24) is 4.90 Å². The SMILES string of the molecule is O=C(c1cc([N+](=O)[O-])cc([N+](=O)[O-])c1)N1CCCCCCC1. The zero-order valence-electron chi connectivity index (χ0n) is 12.1. The summed E-state index contributed by atoms with van der Waals surface area (Å²) < 4.78 is 0. The van der Waals surface area contributed by atoms with Crippen LogP contribution in [0.2, 0.25) is 0 Å². The largest absolute Gasteiger partial charge is 0.339 e. The van der Waals surface area contributed by atoms with Crippen LogP contribution >= 0.6 is 0 Å². The molecule has 8 nitrogen and oxygen atoms in total. The van der Waals surface area contributed by atoms with Gasteiger partial charge < -0.3 is 4.90 Å². The average molecular weight is 307 g/mol. The van der Waals surface area contributed by atoms with Gasteiger partial charge in [-0.25, -0.2) is 0 Å². The van der Waals surface area contributed by atoms with Gasteiger partial charge in [0.1, 0.15) is 0 Å². The third-order valence-corrected chi connectivity index (χ3v) is 3.71. The molecule has 0 aromatic heterocycles. The third kappa shape index (κ3) is 3.78. The molecule has 0 N–H and O–H groups in total. The molecular weight excluding hydrogens is 290 g/mol. The van der Waals surface area contributed by atoms with Crippen molar-refractivity contribution in [3.05, 3.63) is 44.0 Å². The van der Waals surface area contributed by atoms with Gasteiger partial charge in [0.15, 0.2) is 0 Å². The Morgan fingerprint density at radius 1 is 0.864 bits per heavy atom. The number of benzene rings is 1. The highest BCUT2D eigenvalue weighted by atomic mass is 16.6. The van der Waals surface area contributed by atoms with Gasteiger partial charge in [-0.3, -0.25) is 25.0 Å². The minimum atomic E-state index is -0.725. The van der Waals surface area contributed by atoms with Gasteiger partial charge in [0, 0.05) is 25.2 Å². The molecule has 0 aliphatic carbocycles. The van der Waals surface area contributed by atoms with E-state index in [0.717, 1.165) is 50.3 Å². The topological polar surface area (TPSA) is 107 Å². The minimum absolute atomic E-state index is 0.00136. The number of carbonyl (C=O) groups excluding carboxylic acids is 1. The first kappa shape index (κ1) is 15.9. The van der Waals surface area contributed by atoms with Gasteiger partial charge in [-0.2, -0.15) is 0 Å². The van der Waals surface area contributed by atoms with E-state index in [1.165, 1.54) is 0 Å². The zero-order valence-corrected chi connectivity index (χ0v) is 12.1. The van der Waals surface area contributed by atoms with Gasteiger partial charge in [-0.15, -0.1) is 0 Å². The van der Waals surface area contributed by atoms with Crippen molar-refractivity contribution in [2.45, 2.75) is 32.1 Å². The summed E-state index contributed by atoms with van der Waals surface area (Å²) in [4.78, 5) is 34.4. The fraction of sp³-hybridized carbons (Fsp3) is 0.500. The number of non-ortho nitro benzene ring substituents is 2. The van der Waals surface area contributed by atoms with Crippen LogP contribution in [0.3, 0.4) is 0 Å². The molecule has 1 aromatic rings. The molecule has 1 aliphatic rings. The van der Waals surface area contributed by atoms with E-state index in [1.54, 1.807) is 4.90 Å². The van der Waals surface area contributed by atoms with Crippen LogP contribution in [0.1, 0.15) is 42.5 Å². The molecule has 1 aliphatic heterocycles. The lowest BCUT2D eigenvalue weighted by atomic mass is 10.1. The highest BCUT2D eigenvalue weighted by Crippen LogP contribution is 2.24. The first-order valence-corrected chi connectivity index (χ1v) is 7.22. The summed E-state index contributed by atoms with van der Waals surface area (Å²) in [6.45, 7) is 1.16. The Labute approximate surface area is 127 Å². The Bertz CT molecular complexity index is 562. The van der Waals surface area contributed by atoms with Crippen LogP contribution in [-0.2, 0) is 0 Å². The Hall–Kier alpha value is -2.51. The summed E-state index contributed by atoms with van der Waals surface area (Å²) >= 11 is 0. The molecule has 0 saturated carbocycles. The second-order valence-corrected chi connectivity index (χ2v) is 5.31. The van der Waals surface area contributed by atoms with Gasteiger partial charge in [-0.05, 0) is 12.8 Å². The molecule has 0 spiro atoms. The van der Waals surface area contributed by atoms with Crippen molar-refractivity contribution in [2.75, 3.05) is 13.1 Å². The number of hydrogen-bond acceptors (Lipinski definition) is 5. The van der Waals surface area contributed by atoms with Crippen LogP contribution in [-0.4, -0.2) is 33.7 Å². The molecule has 1 aromatic carbocycles. The van der Waals surface area contributed by atoms with E-state index in [9.17, 15) is 25.0 Å². The van der Waals surface area contributed by atoms with Crippen molar-refractivity contribution < 1.29 is 14.6 Å². The number of likely N-dealkylation sites (tertiary alicyclic amines) is 1. The van der Waals surface area contributed by atoms with E-state index in [1.807, 2.05) is 0 Å². The first-order chi connectivity index (χ1) is 10.5. The highest BCUT2D eigenvalue weighted by molar-refractivity contribution is 5.95. The first-order valence-electron chi connectivity index (χ1n) is 7.22. The van der Waals surface area contributed by atoms with Crippen LogP contribution < -0.4 is 0 Å². The number of nitro groups is 2. The molecule has 2 rings (SSSR count). The van der Waals surface area contributed by atoms with Crippen LogP contribution in [0.4, 0.5) is 11.4 Å². The second-order valence-electron chi connectivity index (χ2n) is 5.31. The van der Waals surface area contributed by atoms with Crippen molar-refractivity contribution in [3.8, 4) is 0 Å². The smallest absolute Gasteiger partial charge is 0.277 e. The van der Waals surface area contributed by atoms with Crippen LogP contribution in [0.25, 0.3) is 0 Å². The van der Waals surface area contributed by atoms with E-state index >= 15 is 0 Å². The molecule has 0 unspecified atom stereocenters. The molecular formula is C14H17N3O5. The van der Waals surface area contributed by atoms with Gasteiger partial charge in [0.05, 0.1) is 21.5 Å². The normalized spacial score (nSPS) is 15.7. The summed E-state index contributed by atoms with van der Waals surface area (Å²) in [6, 6.07) is 3.08. The van der Waals surface area contributed by atoms with Gasteiger partial charge in [0.25, 0.3) is 17.3 Å². The molecule has 0 bridgehead atoms. The van der Waals surface area contributed by atoms with Crippen molar-refractivity contribution in [2.24, 2.45) is 0 Å². The minimum Gasteiger partial charge on any atom is -0.339 e. The Balaban J connectivity index is 2.30. The maximum atomic E-state index is 12.5. The predicted molar refractivity (Wildman–Crippen MR) is 78.7 cm³/mol. The number of rotatable bonds is 3. The van der Waals surface area contributed by atoms with Crippen molar-refractivity contribution in [1.29, 1.82) is 0 Å². The Kier molecular flexibility index (Phi) is 5.03. The van der Waals surface area contributed by atoms with Gasteiger partial charge in [0.2, 0.25) is 0 Å². The fourth-order valence-corrected chi connectivity index (χ4v) is 2.56. The lowest BCUT2D eigenvalue weighted by Gasteiger charge is -2.24. The van der Waals surface area contributed by atoms with Crippen LogP contribution in [0, 0.1) is 20.2 Å². The molecule has 1 fully saturated rings. The molecule has 8 heteroatoms. The summed E-state index contributed by atoms with van der Waals surface area (Å²) in [6.07, 6.45) is 4.98. The number of carbonyl (C=O) groups is 1. The van der Waals surface area contributed by atoms with E-state index in [4.69, 9.17) is 0 Å². The highest BCUT2D eigenvalue weighted by Gasteiger charge is 2.23. The summed E-state index contributed by atoms with van der Waals surface area (Å²) in [7, 11) is 0. The maximum Gasteiger partial charge on any atom is 0.277 e. The number of hydrogen-bond donors (Lipinski definition) is 0. The monoisotopic (exact) mass is 307 g/mol. The molecule has 118 valence electrons. The van der Waals surface area contributed by atoms with Gasteiger partial charge >= 0.3 is 0 Å². The lowest BCUT2D eigenvalue weighted by molar-refractivity contribution is -0.394. The van der Waals surface area contributed by atoms with Crippen LogP contribution in [0.15, 0.2) is 18.2 Å². The van der Waals surface area contributed by atoms with Crippen molar-refractivity contribution >= 4 is 17.3 Å². The van der Waals surface area contributed by atoms with Gasteiger partial charge in [-0.1, -0.05) is 19.3 Å². The molecule has 1 heterocycles. The number of nitrogens with zero attached hydrogens (tertiary/aromatic N) is 3. The molecule has 0 atom stereocenters. The van der Waals surface area contributed by atoms with Crippen molar-refractivity contribution in [3.63, 3.8) is 0 Å². The lowest BCUT2D eigenvalue weighted by Crippen LogP contribution is -2.33.